The minimum atomic E-state index is 0.0692. The third-order valence-electron chi connectivity index (χ3n) is 3.84. The molecule has 7 heteroatoms. The second-order valence-corrected chi connectivity index (χ2v) is 8.19. The number of amides is 2. The Bertz CT molecular complexity index is 713. The van der Waals surface area contributed by atoms with Gasteiger partial charge in [0.25, 0.3) is 5.91 Å². The van der Waals surface area contributed by atoms with Crippen molar-refractivity contribution in [1.29, 1.82) is 0 Å². The molecule has 1 saturated heterocycles. The molecule has 2 aromatic rings. The molecule has 0 bridgehead atoms. The smallest absolute Gasteiger partial charge is 0.264 e. The van der Waals surface area contributed by atoms with Gasteiger partial charge in [-0.05, 0) is 39.5 Å². The van der Waals surface area contributed by atoms with Crippen molar-refractivity contribution in [1.82, 2.24) is 9.80 Å². The average Bonchev–Trinajstić information content (AvgIpc) is 3.15. The summed E-state index contributed by atoms with van der Waals surface area (Å²) in [7, 11) is 0. The molecule has 0 spiro atoms. The van der Waals surface area contributed by atoms with E-state index in [-0.39, 0.29) is 11.8 Å². The summed E-state index contributed by atoms with van der Waals surface area (Å²) in [5.74, 6) is 0.611. The maximum absolute atomic E-state index is 12.4. The summed E-state index contributed by atoms with van der Waals surface area (Å²) in [4.78, 5) is 30.2. The lowest BCUT2D eigenvalue weighted by Gasteiger charge is -2.34. The Kier molecular flexibility index (Phi) is 5.97. The van der Waals surface area contributed by atoms with Crippen LogP contribution in [0.25, 0.3) is 0 Å². The van der Waals surface area contributed by atoms with Gasteiger partial charge in [0.1, 0.15) is 0 Å². The van der Waals surface area contributed by atoms with Gasteiger partial charge in [0.2, 0.25) is 5.91 Å². The summed E-state index contributed by atoms with van der Waals surface area (Å²) >= 11 is 6.49. The number of benzene rings is 1. The van der Waals surface area contributed by atoms with Crippen LogP contribution in [0.5, 0.6) is 0 Å². The first-order chi connectivity index (χ1) is 11.6. The number of thioether (sulfide) groups is 1. The largest absolute Gasteiger partial charge is 0.338 e. The predicted octanol–water partition coefficient (Wildman–Crippen LogP) is 3.59. The number of rotatable bonds is 4. The Balaban J connectivity index is 1.48. The molecule has 1 aromatic heterocycles. The van der Waals surface area contributed by atoms with Gasteiger partial charge in [0.15, 0.2) is 0 Å². The second-order valence-electron chi connectivity index (χ2n) is 5.37. The Morgan fingerprint density at radius 3 is 2.42 bits per heavy atom. The van der Waals surface area contributed by atoms with Crippen molar-refractivity contribution in [3.63, 3.8) is 0 Å². The normalized spacial score (nSPS) is 14.7. The number of carbonyl (C=O) groups is 2. The fourth-order valence-corrected chi connectivity index (χ4v) is 4.67. The molecule has 1 aliphatic heterocycles. The summed E-state index contributed by atoms with van der Waals surface area (Å²) in [5, 5.41) is 1.91. The SMILES string of the molecule is O=C(CSc1ccccc1Br)N1CCN(C(=O)c2cccs2)CC1. The van der Waals surface area contributed by atoms with Gasteiger partial charge in [-0.15, -0.1) is 23.1 Å². The predicted molar refractivity (Wildman–Crippen MR) is 102 cm³/mol. The molecule has 2 heterocycles. The maximum atomic E-state index is 12.4. The van der Waals surface area contributed by atoms with Crippen molar-refractivity contribution < 1.29 is 9.59 Å². The van der Waals surface area contributed by atoms with E-state index in [2.05, 4.69) is 15.9 Å². The highest BCUT2D eigenvalue weighted by atomic mass is 79.9. The maximum Gasteiger partial charge on any atom is 0.264 e. The lowest BCUT2D eigenvalue weighted by Crippen LogP contribution is -2.51. The third kappa shape index (κ3) is 4.20. The van der Waals surface area contributed by atoms with Crippen molar-refractivity contribution in [3.05, 3.63) is 51.1 Å². The zero-order valence-electron chi connectivity index (χ0n) is 13.0. The number of nitrogens with zero attached hydrogens (tertiary/aromatic N) is 2. The average molecular weight is 425 g/mol. The van der Waals surface area contributed by atoms with Gasteiger partial charge in [-0.3, -0.25) is 9.59 Å². The van der Waals surface area contributed by atoms with E-state index >= 15 is 0 Å². The lowest BCUT2D eigenvalue weighted by molar-refractivity contribution is -0.129. The molecule has 24 heavy (non-hydrogen) atoms. The quantitative estimate of drug-likeness (QED) is 0.704. The van der Waals surface area contributed by atoms with E-state index in [1.807, 2.05) is 51.6 Å². The van der Waals surface area contributed by atoms with Crippen molar-refractivity contribution in [2.24, 2.45) is 0 Å². The molecule has 0 N–H and O–H groups in total. The first kappa shape index (κ1) is 17.5. The molecule has 0 atom stereocenters. The molecule has 126 valence electrons. The fraction of sp³-hybridized carbons (Fsp3) is 0.294. The molecule has 1 fully saturated rings. The molecule has 4 nitrogen and oxygen atoms in total. The molecular formula is C17H17BrN2O2S2. The van der Waals surface area contributed by atoms with Crippen LogP contribution in [0, 0.1) is 0 Å². The Morgan fingerprint density at radius 2 is 1.75 bits per heavy atom. The van der Waals surface area contributed by atoms with Crippen LogP contribution < -0.4 is 0 Å². The van der Waals surface area contributed by atoms with Crippen LogP contribution in [-0.2, 0) is 4.79 Å². The number of hydrogen-bond acceptors (Lipinski definition) is 4. The molecule has 1 aliphatic rings. The number of piperazine rings is 1. The summed E-state index contributed by atoms with van der Waals surface area (Å²) in [6.45, 7) is 2.41. The third-order valence-corrected chi connectivity index (χ3v) is 6.71. The first-order valence-electron chi connectivity index (χ1n) is 7.63. The van der Waals surface area contributed by atoms with Gasteiger partial charge in [0.05, 0.1) is 10.6 Å². The van der Waals surface area contributed by atoms with Crippen LogP contribution in [0.3, 0.4) is 0 Å². The highest BCUT2D eigenvalue weighted by Gasteiger charge is 2.25. The van der Waals surface area contributed by atoms with Gasteiger partial charge < -0.3 is 9.80 Å². The van der Waals surface area contributed by atoms with Crippen LogP contribution in [0.1, 0.15) is 9.67 Å². The molecule has 0 radical (unpaired) electrons. The summed E-state index contributed by atoms with van der Waals surface area (Å²) in [6, 6.07) is 11.6. The minimum absolute atomic E-state index is 0.0692. The van der Waals surface area contributed by atoms with Crippen molar-refractivity contribution in [3.8, 4) is 0 Å². The van der Waals surface area contributed by atoms with Crippen LogP contribution in [0.2, 0.25) is 0 Å². The fourth-order valence-electron chi connectivity index (χ4n) is 2.51. The monoisotopic (exact) mass is 424 g/mol. The summed E-state index contributed by atoms with van der Waals surface area (Å²) in [6.07, 6.45) is 0. The van der Waals surface area contributed by atoms with Crippen LogP contribution in [0.4, 0.5) is 0 Å². The molecule has 2 amide bonds. The molecule has 0 unspecified atom stereocenters. The highest BCUT2D eigenvalue weighted by molar-refractivity contribution is 9.10. The number of halogens is 1. The topological polar surface area (TPSA) is 40.6 Å². The van der Waals surface area contributed by atoms with Gasteiger partial charge >= 0.3 is 0 Å². The van der Waals surface area contributed by atoms with E-state index in [9.17, 15) is 9.59 Å². The lowest BCUT2D eigenvalue weighted by atomic mass is 10.3. The van der Waals surface area contributed by atoms with Crippen LogP contribution in [-0.4, -0.2) is 53.5 Å². The zero-order valence-corrected chi connectivity index (χ0v) is 16.2. The van der Waals surface area contributed by atoms with Gasteiger partial charge in [0, 0.05) is 35.5 Å². The standard InChI is InChI=1S/C17H17BrN2O2S2/c18-13-4-1-2-5-14(13)24-12-16(21)19-7-9-20(10-8-19)17(22)15-6-3-11-23-15/h1-6,11H,7-10,12H2. The first-order valence-corrected chi connectivity index (χ1v) is 10.3. The van der Waals surface area contributed by atoms with Gasteiger partial charge in [-0.25, -0.2) is 0 Å². The highest BCUT2D eigenvalue weighted by Crippen LogP contribution is 2.27. The van der Waals surface area contributed by atoms with E-state index in [1.165, 1.54) is 23.1 Å². The molecule has 0 aliphatic carbocycles. The van der Waals surface area contributed by atoms with Gasteiger partial charge in [-0.2, -0.15) is 0 Å². The Morgan fingerprint density at radius 1 is 1.04 bits per heavy atom. The minimum Gasteiger partial charge on any atom is -0.338 e. The van der Waals surface area contributed by atoms with Crippen LogP contribution >= 0.6 is 39.0 Å². The van der Waals surface area contributed by atoms with E-state index in [0.29, 0.717) is 31.9 Å². The van der Waals surface area contributed by atoms with Crippen molar-refractivity contribution >= 4 is 50.8 Å². The van der Waals surface area contributed by atoms with E-state index < -0.39 is 0 Å². The summed E-state index contributed by atoms with van der Waals surface area (Å²) < 4.78 is 1.01. The summed E-state index contributed by atoms with van der Waals surface area (Å²) in [5.41, 5.74) is 0. The van der Waals surface area contributed by atoms with Crippen molar-refractivity contribution in [2.45, 2.75) is 4.90 Å². The van der Waals surface area contributed by atoms with Gasteiger partial charge in [-0.1, -0.05) is 18.2 Å². The second kappa shape index (κ2) is 8.18. The number of carbonyl (C=O) groups excluding carboxylic acids is 2. The Labute approximate surface area is 158 Å². The number of hydrogen-bond donors (Lipinski definition) is 0. The van der Waals surface area contributed by atoms with E-state index in [4.69, 9.17) is 0 Å². The molecule has 0 saturated carbocycles. The molecular weight excluding hydrogens is 408 g/mol. The zero-order chi connectivity index (χ0) is 16.9. The molecule has 3 rings (SSSR count). The molecule has 1 aromatic carbocycles. The van der Waals surface area contributed by atoms with Crippen LogP contribution in [0.15, 0.2) is 51.1 Å². The van der Waals surface area contributed by atoms with E-state index in [0.717, 1.165) is 14.2 Å². The number of thiophene rings is 1. The van der Waals surface area contributed by atoms with E-state index in [1.54, 1.807) is 0 Å². The van der Waals surface area contributed by atoms with Crippen molar-refractivity contribution in [2.75, 3.05) is 31.9 Å². The Hall–Kier alpha value is -1.31.